The highest BCUT2D eigenvalue weighted by atomic mass is 32.1. The monoisotopic (exact) mass is 407 g/mol. The molecule has 1 amide bonds. The molecular formula is C21H21N5O2S. The van der Waals surface area contributed by atoms with E-state index in [1.54, 1.807) is 29.5 Å². The van der Waals surface area contributed by atoms with Gasteiger partial charge in [0.2, 0.25) is 17.6 Å². The van der Waals surface area contributed by atoms with Gasteiger partial charge in [-0.15, -0.1) is 0 Å². The summed E-state index contributed by atoms with van der Waals surface area (Å²) in [6.45, 7) is 1.22. The minimum Gasteiger partial charge on any atom is -0.341 e. The fourth-order valence-corrected chi connectivity index (χ4v) is 3.61. The van der Waals surface area contributed by atoms with Gasteiger partial charge in [-0.1, -0.05) is 35.5 Å². The number of hydrogen-bond donors (Lipinski definition) is 0. The molecule has 4 rings (SSSR count). The largest absolute Gasteiger partial charge is 0.341 e. The summed E-state index contributed by atoms with van der Waals surface area (Å²) >= 11 is 1.58. The molecule has 29 heavy (non-hydrogen) atoms. The van der Waals surface area contributed by atoms with Crippen LogP contribution in [0.15, 0.2) is 64.1 Å². The van der Waals surface area contributed by atoms with Gasteiger partial charge in [0.25, 0.3) is 0 Å². The zero-order valence-electron chi connectivity index (χ0n) is 16.1. The molecular weight excluding hydrogens is 386 g/mol. The minimum absolute atomic E-state index is 0.0242. The average Bonchev–Trinajstić information content (AvgIpc) is 3.49. The van der Waals surface area contributed by atoms with E-state index in [0.29, 0.717) is 37.6 Å². The summed E-state index contributed by atoms with van der Waals surface area (Å²) in [5.74, 6) is 1.06. The first-order valence-electron chi connectivity index (χ1n) is 9.32. The third-order valence-corrected chi connectivity index (χ3v) is 5.20. The van der Waals surface area contributed by atoms with Crippen molar-refractivity contribution in [3.63, 3.8) is 0 Å². The number of aromatic nitrogens is 4. The predicted molar refractivity (Wildman–Crippen MR) is 110 cm³/mol. The number of aryl methyl sites for hydroxylation is 1. The van der Waals surface area contributed by atoms with E-state index in [9.17, 15) is 4.79 Å². The van der Waals surface area contributed by atoms with Crippen LogP contribution in [0.2, 0.25) is 0 Å². The molecule has 0 N–H and O–H groups in total. The van der Waals surface area contributed by atoms with E-state index in [1.165, 1.54) is 5.56 Å². The lowest BCUT2D eigenvalue weighted by molar-refractivity contribution is -0.130. The molecule has 0 unspecified atom stereocenters. The number of thiophene rings is 1. The third-order valence-electron chi connectivity index (χ3n) is 4.52. The van der Waals surface area contributed by atoms with Crippen LogP contribution >= 0.6 is 11.3 Å². The van der Waals surface area contributed by atoms with Gasteiger partial charge < -0.3 is 9.42 Å². The van der Waals surface area contributed by atoms with Crippen molar-refractivity contribution in [3.05, 3.63) is 76.6 Å². The molecule has 1 aromatic carbocycles. The molecule has 7 nitrogen and oxygen atoms in total. The molecule has 0 aliphatic rings. The summed E-state index contributed by atoms with van der Waals surface area (Å²) < 4.78 is 7.14. The maximum atomic E-state index is 12.5. The van der Waals surface area contributed by atoms with Gasteiger partial charge in [0.1, 0.15) is 0 Å². The van der Waals surface area contributed by atoms with Crippen molar-refractivity contribution in [1.29, 1.82) is 0 Å². The number of carbonyl (C=O) groups excluding carboxylic acids is 1. The molecule has 0 aliphatic carbocycles. The van der Waals surface area contributed by atoms with Gasteiger partial charge in [-0.2, -0.15) is 21.4 Å². The highest BCUT2D eigenvalue weighted by Crippen LogP contribution is 2.19. The Hall–Kier alpha value is -3.26. The van der Waals surface area contributed by atoms with Crippen LogP contribution in [0.4, 0.5) is 0 Å². The van der Waals surface area contributed by atoms with E-state index >= 15 is 0 Å². The Kier molecular flexibility index (Phi) is 5.81. The number of carbonyl (C=O) groups is 1. The normalized spacial score (nSPS) is 10.9. The summed E-state index contributed by atoms with van der Waals surface area (Å²) in [7, 11) is 1.79. The van der Waals surface area contributed by atoms with Crippen molar-refractivity contribution in [2.75, 3.05) is 7.05 Å². The molecule has 148 valence electrons. The second-order valence-electron chi connectivity index (χ2n) is 6.81. The maximum absolute atomic E-state index is 12.5. The fourth-order valence-electron chi connectivity index (χ4n) is 2.98. The summed E-state index contributed by atoms with van der Waals surface area (Å²) in [6.07, 6.45) is 4.52. The molecule has 0 aliphatic heterocycles. The summed E-state index contributed by atoms with van der Waals surface area (Å²) in [6, 6.07) is 12.1. The topological polar surface area (TPSA) is 77.1 Å². The Morgan fingerprint density at radius 2 is 2.07 bits per heavy atom. The van der Waals surface area contributed by atoms with Crippen LogP contribution in [0.25, 0.3) is 11.4 Å². The third kappa shape index (κ3) is 4.97. The average molecular weight is 407 g/mol. The Morgan fingerprint density at radius 1 is 1.21 bits per heavy atom. The van der Waals surface area contributed by atoms with Gasteiger partial charge >= 0.3 is 0 Å². The number of nitrogens with zero attached hydrogens (tertiary/aromatic N) is 5. The van der Waals surface area contributed by atoms with E-state index in [-0.39, 0.29) is 5.91 Å². The molecule has 3 heterocycles. The lowest BCUT2D eigenvalue weighted by atomic mass is 10.2. The van der Waals surface area contributed by atoms with Crippen molar-refractivity contribution < 1.29 is 9.32 Å². The lowest BCUT2D eigenvalue weighted by Crippen LogP contribution is -2.26. The SMILES string of the molecule is CN(Cc1cnn(Cc2ccccc2)c1)C(=O)CCc1nc(-c2ccsc2)no1. The highest BCUT2D eigenvalue weighted by Gasteiger charge is 2.14. The number of benzene rings is 1. The smallest absolute Gasteiger partial charge is 0.227 e. The molecule has 4 aromatic rings. The van der Waals surface area contributed by atoms with E-state index in [0.717, 1.165) is 11.1 Å². The lowest BCUT2D eigenvalue weighted by Gasteiger charge is -2.15. The first-order valence-corrected chi connectivity index (χ1v) is 10.3. The predicted octanol–water partition coefficient (Wildman–Crippen LogP) is 3.63. The second-order valence-corrected chi connectivity index (χ2v) is 7.59. The Balaban J connectivity index is 1.27. The summed E-state index contributed by atoms with van der Waals surface area (Å²) in [5, 5.41) is 12.3. The van der Waals surface area contributed by atoms with Gasteiger partial charge in [0.05, 0.1) is 12.7 Å². The van der Waals surface area contributed by atoms with Crippen LogP contribution in [-0.4, -0.2) is 37.8 Å². The van der Waals surface area contributed by atoms with Crippen molar-refractivity contribution in [1.82, 2.24) is 24.8 Å². The molecule has 0 saturated carbocycles. The first kappa shape index (κ1) is 19.1. The molecule has 0 bridgehead atoms. The van der Waals surface area contributed by atoms with Crippen LogP contribution in [0, 0.1) is 0 Å². The molecule has 0 atom stereocenters. The zero-order chi connectivity index (χ0) is 20.1. The standard InChI is InChI=1S/C21H21N5O2S/c1-25(12-17-11-22-26(14-17)13-16-5-3-2-4-6-16)20(27)8-7-19-23-21(24-28-19)18-9-10-29-15-18/h2-6,9-11,14-15H,7-8,12-13H2,1H3. The van der Waals surface area contributed by atoms with Gasteiger partial charge in [-0.25, -0.2) is 0 Å². The maximum Gasteiger partial charge on any atom is 0.227 e. The molecule has 3 aromatic heterocycles. The summed E-state index contributed by atoms with van der Waals surface area (Å²) in [5.41, 5.74) is 3.11. The molecule has 0 fully saturated rings. The second kappa shape index (κ2) is 8.83. The fraction of sp³-hybridized carbons (Fsp3) is 0.238. The van der Waals surface area contributed by atoms with Gasteiger partial charge in [-0.05, 0) is 17.0 Å². The molecule has 8 heteroatoms. The van der Waals surface area contributed by atoms with Crippen LogP contribution in [0.3, 0.4) is 0 Å². The first-order chi connectivity index (χ1) is 14.2. The van der Waals surface area contributed by atoms with Crippen molar-refractivity contribution in [3.8, 4) is 11.4 Å². The van der Waals surface area contributed by atoms with Crippen LogP contribution in [0.5, 0.6) is 0 Å². The number of hydrogen-bond acceptors (Lipinski definition) is 6. The number of amides is 1. The molecule has 0 spiro atoms. The van der Waals surface area contributed by atoms with Gasteiger partial charge in [0, 0.05) is 49.1 Å². The Labute approximate surface area is 172 Å². The van der Waals surface area contributed by atoms with Crippen LogP contribution in [0.1, 0.15) is 23.4 Å². The Bertz CT molecular complexity index is 1060. The number of rotatable bonds is 8. The van der Waals surface area contributed by atoms with Crippen molar-refractivity contribution in [2.45, 2.75) is 25.9 Å². The van der Waals surface area contributed by atoms with Crippen LogP contribution < -0.4 is 0 Å². The molecule has 0 saturated heterocycles. The highest BCUT2D eigenvalue weighted by molar-refractivity contribution is 7.08. The van der Waals surface area contributed by atoms with E-state index in [1.807, 2.05) is 45.9 Å². The van der Waals surface area contributed by atoms with Gasteiger partial charge in [-0.3, -0.25) is 9.48 Å². The van der Waals surface area contributed by atoms with E-state index in [4.69, 9.17) is 4.52 Å². The van der Waals surface area contributed by atoms with Crippen LogP contribution in [-0.2, 0) is 24.3 Å². The summed E-state index contributed by atoms with van der Waals surface area (Å²) in [4.78, 5) is 18.5. The Morgan fingerprint density at radius 3 is 2.86 bits per heavy atom. The van der Waals surface area contributed by atoms with E-state index in [2.05, 4.69) is 27.4 Å². The quantitative estimate of drug-likeness (QED) is 0.446. The molecule has 0 radical (unpaired) electrons. The van der Waals surface area contributed by atoms with E-state index < -0.39 is 0 Å². The van der Waals surface area contributed by atoms with Crippen molar-refractivity contribution >= 4 is 17.2 Å². The minimum atomic E-state index is 0.0242. The zero-order valence-corrected chi connectivity index (χ0v) is 16.9. The van der Waals surface area contributed by atoms with Crippen molar-refractivity contribution in [2.24, 2.45) is 0 Å². The van der Waals surface area contributed by atoms with Gasteiger partial charge in [0.15, 0.2) is 0 Å².